The van der Waals surface area contributed by atoms with Crippen LogP contribution in [0.25, 0.3) is 0 Å². The zero-order chi connectivity index (χ0) is 22.1. The van der Waals surface area contributed by atoms with Crippen LogP contribution in [-0.4, -0.2) is 122 Å². The molecule has 2 fully saturated rings. The number of nitrogens with two attached hydrogens (primary N) is 1. The lowest BCUT2D eigenvalue weighted by atomic mass is 9.98. The first kappa shape index (κ1) is 24.9. The Bertz CT molecular complexity index is 576. The Balaban J connectivity index is 2.09. The van der Waals surface area contributed by atoms with Gasteiger partial charge < -0.3 is 59.1 Å². The molecule has 0 radical (unpaired) electrons. The summed E-state index contributed by atoms with van der Waals surface area (Å²) in [7, 11) is -3.54. The van der Waals surface area contributed by atoms with Gasteiger partial charge in [0.05, 0.1) is 6.61 Å². The molecule has 0 spiro atoms. The molecule has 2 rings (SSSR count). The third-order valence-electron chi connectivity index (χ3n) is 4.44. The number of aliphatic hydroxyl groups excluding tert-OH is 6. The van der Waals surface area contributed by atoms with Gasteiger partial charge in [0, 0.05) is 0 Å². The average molecular weight is 452 g/mol. The summed E-state index contributed by atoms with van der Waals surface area (Å²) in [5.74, 6) is 5.41. The molecule has 10 atom stereocenters. The lowest BCUT2D eigenvalue weighted by molar-refractivity contribution is -0.380. The Morgan fingerprint density at radius 2 is 1.31 bits per heavy atom. The maximum Gasteiger partial charge on any atom is 0.469 e. The molecule has 10 N–H and O–H groups in total. The highest BCUT2D eigenvalue weighted by atomic mass is 31.2. The summed E-state index contributed by atoms with van der Waals surface area (Å²) in [5.41, 5.74) is 0. The van der Waals surface area contributed by atoms with Crippen molar-refractivity contribution in [2.24, 2.45) is 5.90 Å². The first-order chi connectivity index (χ1) is 13.3. The molecule has 2 aliphatic heterocycles. The zero-order valence-corrected chi connectivity index (χ0v) is 16.1. The van der Waals surface area contributed by atoms with Gasteiger partial charge in [-0.3, -0.25) is 4.52 Å². The van der Waals surface area contributed by atoms with Crippen molar-refractivity contribution in [3.8, 4) is 0 Å². The summed E-state index contributed by atoms with van der Waals surface area (Å²) in [5, 5.41) is 59.9. The van der Waals surface area contributed by atoms with Gasteiger partial charge in [0.15, 0.2) is 32.4 Å². The van der Waals surface area contributed by atoms with Gasteiger partial charge in [-0.05, 0) is 0 Å². The van der Waals surface area contributed by atoms with Crippen molar-refractivity contribution in [2.75, 3.05) is 20.3 Å². The van der Waals surface area contributed by atoms with Gasteiger partial charge in [-0.15, -0.1) is 5.90 Å². The molecule has 0 aromatic carbocycles. The lowest BCUT2D eigenvalue weighted by Crippen LogP contribution is -2.64. The topological polar surface area (TPSA) is 245 Å². The third-order valence-corrected chi connectivity index (χ3v) is 4.92. The molecule has 0 aromatic heterocycles. The second-order valence-electron chi connectivity index (χ2n) is 6.81. The normalized spacial score (nSPS) is 44.2. The highest BCUT2D eigenvalue weighted by molar-refractivity contribution is 7.46. The molecule has 16 heteroatoms. The molecule has 29 heavy (non-hydrogen) atoms. The zero-order valence-electron chi connectivity index (χ0n) is 15.2. The third kappa shape index (κ3) is 6.33. The van der Waals surface area contributed by atoms with Crippen LogP contribution in [-0.2, 0) is 27.8 Å². The van der Waals surface area contributed by atoms with Crippen LogP contribution in [0.2, 0.25) is 0 Å². The van der Waals surface area contributed by atoms with Crippen molar-refractivity contribution >= 4 is 7.82 Å². The number of rotatable bonds is 7. The number of ether oxygens (including phenoxy) is 3. The van der Waals surface area contributed by atoms with E-state index in [0.29, 0.717) is 0 Å². The molecule has 0 aliphatic carbocycles. The van der Waals surface area contributed by atoms with Crippen LogP contribution in [0, 0.1) is 0 Å². The Morgan fingerprint density at radius 1 is 0.862 bits per heavy atom. The fourth-order valence-electron chi connectivity index (χ4n) is 2.90. The Kier molecular flexibility index (Phi) is 8.48. The van der Waals surface area contributed by atoms with Gasteiger partial charge in [0.1, 0.15) is 42.7 Å². The highest BCUT2D eigenvalue weighted by Gasteiger charge is 2.50. The first-order valence-corrected chi connectivity index (χ1v) is 9.96. The van der Waals surface area contributed by atoms with E-state index >= 15 is 0 Å². The summed E-state index contributed by atoms with van der Waals surface area (Å²) in [6.45, 7) is -1.01. The second kappa shape index (κ2) is 9.86. The van der Waals surface area contributed by atoms with E-state index in [9.17, 15) is 35.2 Å². The van der Waals surface area contributed by atoms with Gasteiger partial charge in [-0.1, -0.05) is 0 Å². The summed E-state index contributed by atoms with van der Waals surface area (Å²) in [6, 6.07) is 0. The van der Waals surface area contributed by atoms with Crippen LogP contribution in [0.1, 0.15) is 0 Å². The second-order valence-corrected chi connectivity index (χ2v) is 8.05. The standard InChI is InChI=1S/C13H26NO14P/c1-28(14)3-5-7(16)9(18)11(20)13(26-5)27-12-10(19)8(17)6(15)4(25-12)2-24-29(21,22)23/h4-13,15-20H,2-3,14H2,1H3,(H-,21,22,23)/p+1/t4-,5-,6-,7-,8+,9+,10-,11-,12-,13-/m1/s1. The van der Waals surface area contributed by atoms with Crippen LogP contribution >= 0.6 is 7.82 Å². The predicted molar refractivity (Wildman–Crippen MR) is 88.5 cm³/mol. The summed E-state index contributed by atoms with van der Waals surface area (Å²) < 4.78 is 32.8. The van der Waals surface area contributed by atoms with Crippen molar-refractivity contribution in [3.05, 3.63) is 0 Å². The van der Waals surface area contributed by atoms with Crippen LogP contribution in [0.4, 0.5) is 0 Å². The summed E-state index contributed by atoms with van der Waals surface area (Å²) in [6.07, 6.45) is -16.6. The molecular formula is C13H27NO14P+. The van der Waals surface area contributed by atoms with Crippen molar-refractivity contribution in [1.82, 2.24) is 0 Å². The molecule has 2 saturated heterocycles. The van der Waals surface area contributed by atoms with E-state index in [-0.39, 0.29) is 6.61 Å². The lowest BCUT2D eigenvalue weighted by Gasteiger charge is -2.44. The smallest absolute Gasteiger partial charge is 0.387 e. The first-order valence-electron chi connectivity index (χ1n) is 8.43. The SMILES string of the molecule is C[O+](N)C[C@H]1O[C@H](O[C@H]2O[C@H](COP(=O)(O)O)[C@@H](O)[C@H](O)[C@H]2O)[C@H](O)[C@@H](O)[C@@H]1O. The predicted octanol–water partition coefficient (Wildman–Crippen LogP) is -5.22. The highest BCUT2D eigenvalue weighted by Crippen LogP contribution is 2.37. The average Bonchev–Trinajstić information content (AvgIpc) is 2.62. The van der Waals surface area contributed by atoms with Crippen LogP contribution in [0.5, 0.6) is 0 Å². The molecule has 0 amide bonds. The molecule has 2 aliphatic rings. The number of hydrogen-bond donors (Lipinski definition) is 9. The number of hydrogen-bond acceptors (Lipinski definition) is 12. The number of phosphoric ester groups is 1. The molecule has 0 bridgehead atoms. The van der Waals surface area contributed by atoms with Crippen LogP contribution in [0.15, 0.2) is 0 Å². The number of aliphatic hydroxyl groups is 6. The van der Waals surface area contributed by atoms with E-state index in [1.807, 2.05) is 4.47 Å². The molecular weight excluding hydrogens is 425 g/mol. The van der Waals surface area contributed by atoms with Crippen molar-refractivity contribution in [3.63, 3.8) is 0 Å². The van der Waals surface area contributed by atoms with Gasteiger partial charge in [0.2, 0.25) is 0 Å². The van der Waals surface area contributed by atoms with Crippen molar-refractivity contribution in [2.45, 2.75) is 61.4 Å². The van der Waals surface area contributed by atoms with E-state index in [4.69, 9.17) is 29.9 Å². The largest absolute Gasteiger partial charge is 0.469 e. The Morgan fingerprint density at radius 3 is 1.76 bits per heavy atom. The molecule has 15 nitrogen and oxygen atoms in total. The van der Waals surface area contributed by atoms with Crippen LogP contribution < -0.4 is 5.90 Å². The van der Waals surface area contributed by atoms with Crippen LogP contribution in [0.3, 0.4) is 0 Å². The maximum atomic E-state index is 10.8. The van der Waals surface area contributed by atoms with E-state index in [0.717, 1.165) is 0 Å². The van der Waals surface area contributed by atoms with E-state index in [1.165, 1.54) is 7.11 Å². The molecule has 0 aromatic rings. The minimum absolute atomic E-state index is 0.154. The molecule has 0 unspecified atom stereocenters. The fraction of sp³-hybridized carbons (Fsp3) is 1.00. The van der Waals surface area contributed by atoms with E-state index in [2.05, 4.69) is 4.52 Å². The van der Waals surface area contributed by atoms with Crippen molar-refractivity contribution < 1.29 is 68.2 Å². The minimum Gasteiger partial charge on any atom is -0.387 e. The summed E-state index contributed by atoms with van der Waals surface area (Å²) >= 11 is 0. The van der Waals surface area contributed by atoms with E-state index < -0.39 is 75.8 Å². The quantitative estimate of drug-likeness (QED) is 0.0996. The summed E-state index contributed by atoms with van der Waals surface area (Å²) in [4.78, 5) is 17.5. The molecule has 2 heterocycles. The Hall–Kier alpha value is -0.330. The Labute approximate surface area is 164 Å². The van der Waals surface area contributed by atoms with Gasteiger partial charge in [-0.25, -0.2) is 4.57 Å². The van der Waals surface area contributed by atoms with E-state index in [1.54, 1.807) is 0 Å². The molecule has 0 saturated carbocycles. The molecule has 172 valence electrons. The fourth-order valence-corrected chi connectivity index (χ4v) is 3.24. The monoisotopic (exact) mass is 452 g/mol. The van der Waals surface area contributed by atoms with Crippen molar-refractivity contribution in [1.29, 1.82) is 0 Å². The van der Waals surface area contributed by atoms with Gasteiger partial charge in [-0.2, -0.15) is 0 Å². The minimum atomic E-state index is -4.92. The van der Waals surface area contributed by atoms with Gasteiger partial charge >= 0.3 is 7.82 Å². The van der Waals surface area contributed by atoms with Gasteiger partial charge in [0.25, 0.3) is 0 Å². The number of phosphoric acid groups is 1. The maximum absolute atomic E-state index is 10.8.